The predicted octanol–water partition coefficient (Wildman–Crippen LogP) is 3.04. The van der Waals surface area contributed by atoms with Gasteiger partial charge in [0.1, 0.15) is 0 Å². The highest BCUT2D eigenvalue weighted by Gasteiger charge is 2.18. The molecule has 0 aliphatic rings. The lowest BCUT2D eigenvalue weighted by molar-refractivity contribution is 0.597. The molecule has 19 heavy (non-hydrogen) atoms. The molecule has 2 rings (SSSR count). The van der Waals surface area contributed by atoms with Gasteiger partial charge in [0, 0.05) is 13.2 Å². The third kappa shape index (κ3) is 2.87. The van der Waals surface area contributed by atoms with Crippen molar-refractivity contribution in [2.45, 2.75) is 33.7 Å². The molecule has 0 bridgehead atoms. The molecule has 0 aliphatic heterocycles. The molecule has 0 aliphatic carbocycles. The number of nitrogens with one attached hydrogen (secondary N) is 1. The number of nitrogens with zero attached hydrogens (tertiary/aromatic N) is 2. The van der Waals surface area contributed by atoms with Crippen LogP contribution in [0.5, 0.6) is 0 Å². The smallest absolute Gasteiger partial charge is 0.0839 e. The van der Waals surface area contributed by atoms with Crippen molar-refractivity contribution in [1.82, 2.24) is 15.1 Å². The lowest BCUT2D eigenvalue weighted by atomic mass is 9.94. The second-order valence-electron chi connectivity index (χ2n) is 5.20. The van der Waals surface area contributed by atoms with Crippen molar-refractivity contribution >= 4 is 0 Å². The van der Waals surface area contributed by atoms with Crippen molar-refractivity contribution in [3.05, 3.63) is 52.3 Å². The van der Waals surface area contributed by atoms with Crippen LogP contribution >= 0.6 is 0 Å². The fraction of sp³-hybridized carbons (Fsp3) is 0.438. The maximum absolute atomic E-state index is 4.55. The van der Waals surface area contributed by atoms with E-state index in [1.165, 1.54) is 22.3 Å². The van der Waals surface area contributed by atoms with Crippen LogP contribution in [0.15, 0.2) is 24.4 Å². The van der Waals surface area contributed by atoms with Crippen molar-refractivity contribution in [1.29, 1.82) is 0 Å². The molecule has 3 heteroatoms. The molecule has 2 aromatic rings. The molecular weight excluding hydrogens is 234 g/mol. The quantitative estimate of drug-likeness (QED) is 0.912. The van der Waals surface area contributed by atoms with Gasteiger partial charge >= 0.3 is 0 Å². The summed E-state index contributed by atoms with van der Waals surface area (Å²) in [7, 11) is 1.96. The van der Waals surface area contributed by atoms with E-state index in [0.717, 1.165) is 12.2 Å². The first-order valence-electron chi connectivity index (χ1n) is 6.83. The monoisotopic (exact) mass is 257 g/mol. The standard InChI is InChI=1S/C16H23N3/c1-6-17-16(15-7-8-19(5)18-15)14-10-12(3)11(2)9-13(14)4/h7-10,16-17H,6H2,1-5H3. The van der Waals surface area contributed by atoms with E-state index in [1.54, 1.807) is 0 Å². The fourth-order valence-corrected chi connectivity index (χ4v) is 2.46. The molecule has 1 N–H and O–H groups in total. The highest BCUT2D eigenvalue weighted by Crippen LogP contribution is 2.26. The Bertz CT molecular complexity index is 569. The Morgan fingerprint density at radius 1 is 1.16 bits per heavy atom. The molecule has 1 atom stereocenters. The summed E-state index contributed by atoms with van der Waals surface area (Å²) in [6, 6.07) is 6.80. The van der Waals surface area contributed by atoms with Crippen LogP contribution < -0.4 is 5.32 Å². The predicted molar refractivity (Wildman–Crippen MR) is 79.4 cm³/mol. The Kier molecular flexibility index (Phi) is 4.05. The summed E-state index contributed by atoms with van der Waals surface area (Å²) in [5.41, 5.74) is 6.40. The first kappa shape index (κ1) is 13.8. The molecule has 1 aromatic heterocycles. The molecule has 102 valence electrons. The third-order valence-corrected chi connectivity index (χ3v) is 3.63. The second-order valence-corrected chi connectivity index (χ2v) is 5.20. The zero-order valence-corrected chi connectivity index (χ0v) is 12.5. The SMILES string of the molecule is CCNC(c1ccn(C)n1)c1cc(C)c(C)cc1C. The molecule has 0 saturated carbocycles. The molecule has 0 saturated heterocycles. The van der Waals surface area contributed by atoms with Crippen LogP contribution in [0.4, 0.5) is 0 Å². The minimum absolute atomic E-state index is 0.172. The number of benzene rings is 1. The highest BCUT2D eigenvalue weighted by molar-refractivity contribution is 5.41. The summed E-state index contributed by atoms with van der Waals surface area (Å²) in [6.07, 6.45) is 2.00. The molecule has 0 amide bonds. The third-order valence-electron chi connectivity index (χ3n) is 3.63. The van der Waals surface area contributed by atoms with Gasteiger partial charge in [-0.05, 0) is 55.6 Å². The van der Waals surface area contributed by atoms with Crippen molar-refractivity contribution in [3.8, 4) is 0 Å². The van der Waals surface area contributed by atoms with E-state index in [1.807, 2.05) is 17.9 Å². The average Bonchev–Trinajstić information content (AvgIpc) is 2.78. The van der Waals surface area contributed by atoms with Gasteiger partial charge in [-0.25, -0.2) is 0 Å². The summed E-state index contributed by atoms with van der Waals surface area (Å²) in [5, 5.41) is 8.09. The van der Waals surface area contributed by atoms with Crippen molar-refractivity contribution in [3.63, 3.8) is 0 Å². The van der Waals surface area contributed by atoms with Crippen LogP contribution in [0, 0.1) is 20.8 Å². The number of hydrogen-bond donors (Lipinski definition) is 1. The fourth-order valence-electron chi connectivity index (χ4n) is 2.46. The summed E-state index contributed by atoms with van der Waals surface area (Å²) in [5.74, 6) is 0. The van der Waals surface area contributed by atoms with E-state index in [0.29, 0.717) is 0 Å². The van der Waals surface area contributed by atoms with Gasteiger partial charge in [0.25, 0.3) is 0 Å². The number of aryl methyl sites for hydroxylation is 4. The van der Waals surface area contributed by atoms with Gasteiger partial charge in [-0.1, -0.05) is 19.1 Å². The van der Waals surface area contributed by atoms with E-state index in [9.17, 15) is 0 Å². The Morgan fingerprint density at radius 2 is 1.84 bits per heavy atom. The van der Waals surface area contributed by atoms with Gasteiger partial charge in [-0.15, -0.1) is 0 Å². The zero-order chi connectivity index (χ0) is 14.0. The minimum Gasteiger partial charge on any atom is -0.305 e. The first-order chi connectivity index (χ1) is 9.02. The maximum Gasteiger partial charge on any atom is 0.0839 e. The molecule has 1 aromatic carbocycles. The molecule has 0 fully saturated rings. The van der Waals surface area contributed by atoms with Gasteiger partial charge in [0.05, 0.1) is 11.7 Å². The molecule has 0 radical (unpaired) electrons. The minimum atomic E-state index is 0.172. The van der Waals surface area contributed by atoms with Crippen molar-refractivity contribution in [2.24, 2.45) is 7.05 Å². The lowest BCUT2D eigenvalue weighted by Crippen LogP contribution is -2.23. The van der Waals surface area contributed by atoms with Crippen LogP contribution in [0.3, 0.4) is 0 Å². The molecule has 3 nitrogen and oxygen atoms in total. The number of hydrogen-bond acceptors (Lipinski definition) is 2. The van der Waals surface area contributed by atoms with E-state index >= 15 is 0 Å². The van der Waals surface area contributed by atoms with Crippen LogP contribution in [0.1, 0.15) is 40.9 Å². The lowest BCUT2D eigenvalue weighted by Gasteiger charge is -2.20. The molecular formula is C16H23N3. The van der Waals surface area contributed by atoms with Crippen LogP contribution in [0.2, 0.25) is 0 Å². The van der Waals surface area contributed by atoms with Gasteiger partial charge in [0.15, 0.2) is 0 Å². The Balaban J connectivity index is 2.47. The Labute approximate surface area is 115 Å². The van der Waals surface area contributed by atoms with Gasteiger partial charge in [-0.3, -0.25) is 4.68 Å². The normalized spacial score (nSPS) is 12.7. The summed E-state index contributed by atoms with van der Waals surface area (Å²) < 4.78 is 1.86. The second kappa shape index (κ2) is 5.57. The van der Waals surface area contributed by atoms with Gasteiger partial charge in [-0.2, -0.15) is 5.10 Å². The number of aromatic nitrogens is 2. The molecule has 0 spiro atoms. The first-order valence-corrected chi connectivity index (χ1v) is 6.83. The Morgan fingerprint density at radius 3 is 2.42 bits per heavy atom. The largest absolute Gasteiger partial charge is 0.305 e. The van der Waals surface area contributed by atoms with E-state index in [2.05, 4.69) is 56.3 Å². The van der Waals surface area contributed by atoms with Crippen LogP contribution in [-0.2, 0) is 7.05 Å². The summed E-state index contributed by atoms with van der Waals surface area (Å²) in [6.45, 7) is 9.56. The van der Waals surface area contributed by atoms with Crippen molar-refractivity contribution in [2.75, 3.05) is 6.54 Å². The number of rotatable bonds is 4. The Hall–Kier alpha value is -1.61. The average molecular weight is 257 g/mol. The van der Waals surface area contributed by atoms with Crippen LogP contribution in [0.25, 0.3) is 0 Å². The molecule has 1 unspecified atom stereocenters. The summed E-state index contributed by atoms with van der Waals surface area (Å²) >= 11 is 0. The van der Waals surface area contributed by atoms with E-state index in [-0.39, 0.29) is 6.04 Å². The zero-order valence-electron chi connectivity index (χ0n) is 12.5. The summed E-state index contributed by atoms with van der Waals surface area (Å²) in [4.78, 5) is 0. The molecule has 1 heterocycles. The van der Waals surface area contributed by atoms with Gasteiger partial charge < -0.3 is 5.32 Å². The van der Waals surface area contributed by atoms with Crippen LogP contribution in [-0.4, -0.2) is 16.3 Å². The highest BCUT2D eigenvalue weighted by atomic mass is 15.3. The maximum atomic E-state index is 4.55. The van der Waals surface area contributed by atoms with Gasteiger partial charge in [0.2, 0.25) is 0 Å². The van der Waals surface area contributed by atoms with E-state index < -0.39 is 0 Å². The topological polar surface area (TPSA) is 29.9 Å². The van der Waals surface area contributed by atoms with Crippen molar-refractivity contribution < 1.29 is 0 Å². The van der Waals surface area contributed by atoms with E-state index in [4.69, 9.17) is 0 Å².